The third-order valence-electron chi connectivity index (χ3n) is 3.93. The molecule has 0 rings (SSSR count). The standard InChI is InChI=1S/C18H39N3O2.HI/c1-6-9-16(11-13-22)14-21-18(19-7-2)20-12-10-17(15(4)5)23-8-3;/h15-17,22H,6-14H2,1-5H3,(H2,19,20,21);1H. The van der Waals surface area contributed by atoms with Crippen molar-refractivity contribution in [2.45, 2.75) is 66.4 Å². The fourth-order valence-corrected chi connectivity index (χ4v) is 2.64. The van der Waals surface area contributed by atoms with Gasteiger partial charge in [0.2, 0.25) is 0 Å². The molecule has 24 heavy (non-hydrogen) atoms. The molecule has 0 fully saturated rings. The number of halogens is 1. The molecule has 0 saturated heterocycles. The number of aliphatic hydroxyl groups excluding tert-OH is 1. The fourth-order valence-electron chi connectivity index (χ4n) is 2.64. The highest BCUT2D eigenvalue weighted by atomic mass is 127. The lowest BCUT2D eigenvalue weighted by molar-refractivity contribution is 0.0258. The quantitative estimate of drug-likeness (QED) is 0.225. The SMILES string of the molecule is CCCC(CCO)CN=C(NCC)NCCC(OCC)C(C)C.I. The minimum Gasteiger partial charge on any atom is -0.396 e. The highest BCUT2D eigenvalue weighted by Gasteiger charge is 2.13. The molecule has 0 amide bonds. The molecule has 0 spiro atoms. The molecule has 2 atom stereocenters. The molecule has 0 aromatic rings. The van der Waals surface area contributed by atoms with Gasteiger partial charge in [0.15, 0.2) is 5.96 Å². The van der Waals surface area contributed by atoms with E-state index in [0.717, 1.165) is 57.9 Å². The van der Waals surface area contributed by atoms with Gasteiger partial charge in [-0.2, -0.15) is 0 Å². The molecule has 0 radical (unpaired) electrons. The summed E-state index contributed by atoms with van der Waals surface area (Å²) >= 11 is 0. The maximum Gasteiger partial charge on any atom is 0.191 e. The summed E-state index contributed by atoms with van der Waals surface area (Å²) in [5, 5.41) is 15.8. The van der Waals surface area contributed by atoms with E-state index < -0.39 is 0 Å². The first-order valence-corrected chi connectivity index (χ1v) is 9.33. The van der Waals surface area contributed by atoms with E-state index in [9.17, 15) is 0 Å². The van der Waals surface area contributed by atoms with Gasteiger partial charge in [-0.3, -0.25) is 4.99 Å². The Hall–Kier alpha value is -0.0800. The van der Waals surface area contributed by atoms with Gasteiger partial charge in [0.25, 0.3) is 0 Å². The Morgan fingerprint density at radius 2 is 1.79 bits per heavy atom. The van der Waals surface area contributed by atoms with Crippen LogP contribution >= 0.6 is 24.0 Å². The normalized spacial score (nSPS) is 14.2. The van der Waals surface area contributed by atoms with Crippen LogP contribution in [0.5, 0.6) is 0 Å². The molecular weight excluding hydrogens is 417 g/mol. The minimum atomic E-state index is 0. The maximum atomic E-state index is 9.14. The van der Waals surface area contributed by atoms with Gasteiger partial charge in [-0.25, -0.2) is 0 Å². The lowest BCUT2D eigenvalue weighted by Gasteiger charge is -2.21. The fraction of sp³-hybridized carbons (Fsp3) is 0.944. The smallest absolute Gasteiger partial charge is 0.191 e. The maximum absolute atomic E-state index is 9.14. The average molecular weight is 457 g/mol. The summed E-state index contributed by atoms with van der Waals surface area (Å²) in [5.41, 5.74) is 0. The summed E-state index contributed by atoms with van der Waals surface area (Å²) in [6.45, 7) is 14.2. The number of aliphatic hydroxyl groups is 1. The first kappa shape index (κ1) is 26.2. The lowest BCUT2D eigenvalue weighted by atomic mass is 10.0. The molecular formula is C18H40IN3O2. The summed E-state index contributed by atoms with van der Waals surface area (Å²) < 4.78 is 5.78. The van der Waals surface area contributed by atoms with Crippen LogP contribution in [0.4, 0.5) is 0 Å². The van der Waals surface area contributed by atoms with E-state index in [1.54, 1.807) is 0 Å². The number of ether oxygens (including phenoxy) is 1. The van der Waals surface area contributed by atoms with Crippen molar-refractivity contribution in [1.29, 1.82) is 0 Å². The Kier molecular flexibility index (Phi) is 19.3. The summed E-state index contributed by atoms with van der Waals surface area (Å²) in [5.74, 6) is 1.85. The number of nitrogens with one attached hydrogen (secondary N) is 2. The summed E-state index contributed by atoms with van der Waals surface area (Å²) in [4.78, 5) is 4.68. The van der Waals surface area contributed by atoms with Crippen LogP contribution in [0.25, 0.3) is 0 Å². The van der Waals surface area contributed by atoms with E-state index >= 15 is 0 Å². The van der Waals surface area contributed by atoms with Gasteiger partial charge in [-0.15, -0.1) is 24.0 Å². The van der Waals surface area contributed by atoms with Crippen molar-refractivity contribution >= 4 is 29.9 Å². The molecule has 0 bridgehead atoms. The Labute approximate surface area is 166 Å². The predicted octanol–water partition coefficient (Wildman–Crippen LogP) is 3.41. The molecule has 0 aromatic heterocycles. The summed E-state index contributed by atoms with van der Waals surface area (Å²) in [7, 11) is 0. The van der Waals surface area contributed by atoms with Gasteiger partial charge >= 0.3 is 0 Å². The molecule has 146 valence electrons. The van der Waals surface area contributed by atoms with Gasteiger partial charge in [0.05, 0.1) is 6.10 Å². The largest absolute Gasteiger partial charge is 0.396 e. The number of guanidine groups is 1. The van der Waals surface area contributed by atoms with Crippen LogP contribution in [0.15, 0.2) is 4.99 Å². The number of hydrogen-bond acceptors (Lipinski definition) is 3. The van der Waals surface area contributed by atoms with Crippen molar-refractivity contribution in [1.82, 2.24) is 10.6 Å². The highest BCUT2D eigenvalue weighted by Crippen LogP contribution is 2.11. The van der Waals surface area contributed by atoms with Crippen molar-refractivity contribution in [3.05, 3.63) is 0 Å². The summed E-state index contributed by atoms with van der Waals surface area (Å²) in [6, 6.07) is 0. The topological polar surface area (TPSA) is 65.9 Å². The Balaban J connectivity index is 0. The van der Waals surface area contributed by atoms with Gasteiger partial charge in [0.1, 0.15) is 0 Å². The van der Waals surface area contributed by atoms with E-state index in [0.29, 0.717) is 11.8 Å². The average Bonchev–Trinajstić information content (AvgIpc) is 2.51. The minimum absolute atomic E-state index is 0. The molecule has 6 heteroatoms. The molecule has 0 saturated carbocycles. The van der Waals surface area contributed by atoms with Crippen LogP contribution in [0.3, 0.4) is 0 Å². The Morgan fingerprint density at radius 1 is 1.08 bits per heavy atom. The van der Waals surface area contributed by atoms with Crippen LogP contribution in [-0.4, -0.2) is 50.0 Å². The van der Waals surface area contributed by atoms with E-state index in [-0.39, 0.29) is 36.7 Å². The number of nitrogens with zero attached hydrogens (tertiary/aromatic N) is 1. The molecule has 0 aliphatic rings. The second kappa shape index (κ2) is 17.7. The van der Waals surface area contributed by atoms with Crippen LogP contribution in [0, 0.1) is 11.8 Å². The molecule has 3 N–H and O–H groups in total. The van der Waals surface area contributed by atoms with Gasteiger partial charge in [-0.1, -0.05) is 27.2 Å². The van der Waals surface area contributed by atoms with Gasteiger partial charge in [-0.05, 0) is 44.9 Å². The lowest BCUT2D eigenvalue weighted by Crippen LogP contribution is -2.39. The predicted molar refractivity (Wildman–Crippen MR) is 114 cm³/mol. The van der Waals surface area contributed by atoms with E-state index in [4.69, 9.17) is 9.84 Å². The monoisotopic (exact) mass is 457 g/mol. The molecule has 5 nitrogen and oxygen atoms in total. The van der Waals surface area contributed by atoms with E-state index in [1.807, 2.05) is 6.92 Å². The van der Waals surface area contributed by atoms with Crippen molar-refractivity contribution < 1.29 is 9.84 Å². The van der Waals surface area contributed by atoms with Crippen LogP contribution in [0.1, 0.15) is 60.3 Å². The zero-order valence-corrected chi connectivity index (χ0v) is 18.6. The molecule has 0 aliphatic carbocycles. The highest BCUT2D eigenvalue weighted by molar-refractivity contribution is 14.0. The second-order valence-electron chi connectivity index (χ2n) is 6.34. The van der Waals surface area contributed by atoms with Crippen LogP contribution < -0.4 is 10.6 Å². The molecule has 2 unspecified atom stereocenters. The van der Waals surface area contributed by atoms with Crippen LogP contribution in [-0.2, 0) is 4.74 Å². The van der Waals surface area contributed by atoms with Crippen molar-refractivity contribution in [3.8, 4) is 0 Å². The van der Waals surface area contributed by atoms with E-state index in [2.05, 4.69) is 43.3 Å². The van der Waals surface area contributed by atoms with Crippen molar-refractivity contribution in [2.24, 2.45) is 16.8 Å². The number of aliphatic imine (C=N–C) groups is 1. The molecule has 0 aromatic carbocycles. The first-order chi connectivity index (χ1) is 11.1. The van der Waals surface area contributed by atoms with Crippen molar-refractivity contribution in [2.75, 3.05) is 32.8 Å². The van der Waals surface area contributed by atoms with Crippen molar-refractivity contribution in [3.63, 3.8) is 0 Å². The summed E-state index contributed by atoms with van der Waals surface area (Å²) in [6.07, 6.45) is 4.34. The Bertz CT molecular complexity index is 296. The number of rotatable bonds is 13. The van der Waals surface area contributed by atoms with Crippen LogP contribution in [0.2, 0.25) is 0 Å². The third kappa shape index (κ3) is 13.2. The third-order valence-corrected chi connectivity index (χ3v) is 3.93. The van der Waals surface area contributed by atoms with Gasteiger partial charge in [0, 0.05) is 32.8 Å². The zero-order valence-electron chi connectivity index (χ0n) is 16.3. The number of hydrogen-bond donors (Lipinski definition) is 3. The molecule has 0 aliphatic heterocycles. The Morgan fingerprint density at radius 3 is 2.29 bits per heavy atom. The second-order valence-corrected chi connectivity index (χ2v) is 6.34. The first-order valence-electron chi connectivity index (χ1n) is 9.33. The zero-order chi connectivity index (χ0) is 17.5. The van der Waals surface area contributed by atoms with E-state index in [1.165, 1.54) is 0 Å². The molecule has 0 heterocycles. The van der Waals surface area contributed by atoms with Gasteiger partial charge < -0.3 is 20.5 Å².